The Morgan fingerprint density at radius 1 is 1.07 bits per heavy atom. The van der Waals surface area contributed by atoms with Crippen LogP contribution in [0.1, 0.15) is 25.1 Å². The Bertz CT molecular complexity index is 1200. The lowest BCUT2D eigenvalue weighted by Gasteiger charge is -2.09. The van der Waals surface area contributed by atoms with Gasteiger partial charge in [-0.15, -0.1) is 0 Å². The third-order valence-corrected chi connectivity index (χ3v) is 6.08. The predicted molar refractivity (Wildman–Crippen MR) is 119 cm³/mol. The fourth-order valence-corrected chi connectivity index (χ4v) is 4.49. The highest BCUT2D eigenvalue weighted by atomic mass is 127. The number of benzene rings is 2. The zero-order chi connectivity index (χ0) is 19.1. The van der Waals surface area contributed by atoms with Crippen molar-refractivity contribution in [1.82, 2.24) is 14.3 Å². The first-order valence-electron chi connectivity index (χ1n) is 9.17. The van der Waals surface area contributed by atoms with Crippen molar-refractivity contribution in [2.75, 3.05) is 0 Å². The molecule has 138 valence electrons. The Balaban J connectivity index is 1.89. The number of nitrogens with zero attached hydrogens (tertiary/aromatic N) is 3. The molecule has 0 spiro atoms. The highest BCUT2D eigenvalue weighted by Gasteiger charge is 2.18. The van der Waals surface area contributed by atoms with Gasteiger partial charge in [-0.25, -0.2) is 4.68 Å². The van der Waals surface area contributed by atoms with E-state index in [1.165, 1.54) is 21.0 Å². The summed E-state index contributed by atoms with van der Waals surface area (Å²) in [6.07, 6.45) is 2.96. The Kier molecular flexibility index (Phi) is 4.80. The molecule has 2 heterocycles. The predicted octanol–water partition coefficient (Wildman–Crippen LogP) is 4.74. The normalized spacial score (nSPS) is 11.7. The van der Waals surface area contributed by atoms with E-state index in [-0.39, 0.29) is 5.56 Å². The van der Waals surface area contributed by atoms with E-state index in [1.807, 2.05) is 0 Å². The van der Waals surface area contributed by atoms with Crippen molar-refractivity contribution in [1.29, 1.82) is 0 Å². The van der Waals surface area contributed by atoms with Crippen molar-refractivity contribution < 1.29 is 0 Å². The van der Waals surface area contributed by atoms with Gasteiger partial charge in [-0.05, 0) is 51.3 Å². The standard InChI is InChI=1S/C22H22IN3O/c1-14(2)11-19-18-13-26(21(23)20(18)22(27)25(3)24-19)12-16-9-6-8-15-7-4-5-10-17(15)16/h4-10,13-14H,11-12H2,1-3H3. The summed E-state index contributed by atoms with van der Waals surface area (Å²) in [4.78, 5) is 12.7. The fourth-order valence-electron chi connectivity index (χ4n) is 3.66. The summed E-state index contributed by atoms with van der Waals surface area (Å²) in [7, 11) is 1.74. The molecule has 0 amide bonds. The van der Waals surface area contributed by atoms with Crippen molar-refractivity contribution in [3.05, 3.63) is 74.0 Å². The lowest BCUT2D eigenvalue weighted by molar-refractivity contribution is 0.605. The molecular formula is C22H22IN3O. The van der Waals surface area contributed by atoms with Gasteiger partial charge in [-0.1, -0.05) is 56.3 Å². The zero-order valence-corrected chi connectivity index (χ0v) is 17.9. The minimum absolute atomic E-state index is 0.0291. The smallest absolute Gasteiger partial charge is 0.277 e. The topological polar surface area (TPSA) is 39.8 Å². The fraction of sp³-hybridized carbons (Fsp3) is 0.273. The van der Waals surface area contributed by atoms with Gasteiger partial charge >= 0.3 is 0 Å². The minimum Gasteiger partial charge on any atom is -0.337 e. The largest absolute Gasteiger partial charge is 0.337 e. The molecule has 0 N–H and O–H groups in total. The van der Waals surface area contributed by atoms with Crippen molar-refractivity contribution in [3.8, 4) is 0 Å². The van der Waals surface area contributed by atoms with Crippen LogP contribution in [0.25, 0.3) is 21.5 Å². The van der Waals surface area contributed by atoms with E-state index < -0.39 is 0 Å². The average Bonchev–Trinajstić information content (AvgIpc) is 2.96. The molecule has 0 bridgehead atoms. The second kappa shape index (κ2) is 7.11. The van der Waals surface area contributed by atoms with Crippen LogP contribution in [0.4, 0.5) is 0 Å². The van der Waals surface area contributed by atoms with E-state index in [9.17, 15) is 4.79 Å². The van der Waals surface area contributed by atoms with Gasteiger partial charge < -0.3 is 4.57 Å². The van der Waals surface area contributed by atoms with Gasteiger partial charge in [0.1, 0.15) is 0 Å². The SMILES string of the molecule is CC(C)Cc1nn(C)c(=O)c2c(I)n(Cc3cccc4ccccc34)cc12. The molecule has 2 aromatic heterocycles. The van der Waals surface area contributed by atoms with E-state index in [0.29, 0.717) is 5.92 Å². The molecule has 4 rings (SSSR count). The van der Waals surface area contributed by atoms with Crippen LogP contribution >= 0.6 is 22.6 Å². The third-order valence-electron chi connectivity index (χ3n) is 4.92. The minimum atomic E-state index is -0.0291. The molecule has 0 radical (unpaired) electrons. The lowest BCUT2D eigenvalue weighted by atomic mass is 10.0. The first-order chi connectivity index (χ1) is 13.0. The first-order valence-corrected chi connectivity index (χ1v) is 10.2. The van der Waals surface area contributed by atoms with Crippen LogP contribution < -0.4 is 5.56 Å². The molecule has 0 unspecified atom stereocenters. The van der Waals surface area contributed by atoms with Gasteiger partial charge in [0, 0.05) is 25.2 Å². The number of hydrogen-bond acceptors (Lipinski definition) is 2. The van der Waals surface area contributed by atoms with Crippen LogP contribution in [0.5, 0.6) is 0 Å². The van der Waals surface area contributed by atoms with Gasteiger partial charge in [0.2, 0.25) is 0 Å². The lowest BCUT2D eigenvalue weighted by Crippen LogP contribution is -2.22. The monoisotopic (exact) mass is 471 g/mol. The number of fused-ring (bicyclic) bond motifs is 2. The van der Waals surface area contributed by atoms with Crippen LogP contribution in [0.15, 0.2) is 53.5 Å². The maximum atomic E-state index is 12.7. The highest BCUT2D eigenvalue weighted by molar-refractivity contribution is 14.1. The van der Waals surface area contributed by atoms with Crippen LogP contribution in [-0.2, 0) is 20.0 Å². The van der Waals surface area contributed by atoms with Crippen LogP contribution in [0, 0.1) is 9.62 Å². The molecule has 0 fully saturated rings. The molecular weight excluding hydrogens is 449 g/mol. The van der Waals surface area contributed by atoms with Crippen LogP contribution in [0.2, 0.25) is 0 Å². The molecule has 0 atom stereocenters. The van der Waals surface area contributed by atoms with Crippen LogP contribution in [-0.4, -0.2) is 14.3 Å². The molecule has 0 aliphatic rings. The Morgan fingerprint density at radius 3 is 2.59 bits per heavy atom. The summed E-state index contributed by atoms with van der Waals surface area (Å²) in [5, 5.41) is 8.79. The highest BCUT2D eigenvalue weighted by Crippen LogP contribution is 2.26. The van der Waals surface area contributed by atoms with Gasteiger partial charge in [0.25, 0.3) is 5.56 Å². The van der Waals surface area contributed by atoms with Crippen molar-refractivity contribution >= 4 is 44.1 Å². The quantitative estimate of drug-likeness (QED) is 0.404. The van der Waals surface area contributed by atoms with Gasteiger partial charge in [0.15, 0.2) is 0 Å². The summed E-state index contributed by atoms with van der Waals surface area (Å²) in [5.41, 5.74) is 2.22. The maximum Gasteiger partial charge on any atom is 0.277 e. The van der Waals surface area contributed by atoms with Gasteiger partial charge in [-0.2, -0.15) is 5.10 Å². The Morgan fingerprint density at radius 2 is 1.81 bits per heavy atom. The number of hydrogen-bond donors (Lipinski definition) is 0. The second-order valence-electron chi connectivity index (χ2n) is 7.45. The molecule has 0 saturated carbocycles. The van der Waals surface area contributed by atoms with Crippen molar-refractivity contribution in [2.45, 2.75) is 26.8 Å². The summed E-state index contributed by atoms with van der Waals surface area (Å²) in [6, 6.07) is 14.8. The average molecular weight is 471 g/mol. The van der Waals surface area contributed by atoms with Crippen molar-refractivity contribution in [2.24, 2.45) is 13.0 Å². The first kappa shape index (κ1) is 18.2. The number of rotatable bonds is 4. The number of halogens is 1. The van der Waals surface area contributed by atoms with Gasteiger partial charge in [-0.3, -0.25) is 4.79 Å². The van der Waals surface area contributed by atoms with E-state index in [0.717, 1.165) is 33.1 Å². The van der Waals surface area contributed by atoms with Crippen LogP contribution in [0.3, 0.4) is 0 Å². The second-order valence-corrected chi connectivity index (χ2v) is 8.47. The summed E-state index contributed by atoms with van der Waals surface area (Å²) < 4.78 is 4.63. The molecule has 5 heteroatoms. The molecule has 4 aromatic rings. The summed E-state index contributed by atoms with van der Waals surface area (Å²) in [6.45, 7) is 5.09. The molecule has 0 aliphatic heterocycles. The van der Waals surface area contributed by atoms with Gasteiger partial charge in [0.05, 0.1) is 14.8 Å². The molecule has 4 nitrogen and oxygen atoms in total. The molecule has 0 saturated heterocycles. The van der Waals surface area contributed by atoms with E-state index in [4.69, 9.17) is 0 Å². The van der Waals surface area contributed by atoms with E-state index >= 15 is 0 Å². The summed E-state index contributed by atoms with van der Waals surface area (Å²) in [5.74, 6) is 0.484. The number of aromatic nitrogens is 3. The van der Waals surface area contributed by atoms with E-state index in [2.05, 4.69) is 94.8 Å². The Hall–Kier alpha value is -2.15. The van der Waals surface area contributed by atoms with Crippen molar-refractivity contribution in [3.63, 3.8) is 0 Å². The third kappa shape index (κ3) is 3.29. The molecule has 0 aliphatic carbocycles. The Labute approximate surface area is 172 Å². The number of aryl methyl sites for hydroxylation is 1. The molecule has 2 aromatic carbocycles. The maximum absolute atomic E-state index is 12.7. The zero-order valence-electron chi connectivity index (χ0n) is 15.7. The van der Waals surface area contributed by atoms with E-state index in [1.54, 1.807) is 7.05 Å². The summed E-state index contributed by atoms with van der Waals surface area (Å²) >= 11 is 2.30. The molecule has 27 heavy (non-hydrogen) atoms.